The fourth-order valence-electron chi connectivity index (χ4n) is 3.51. The summed E-state index contributed by atoms with van der Waals surface area (Å²) in [5.41, 5.74) is 1.70. The van der Waals surface area contributed by atoms with Gasteiger partial charge in [-0.25, -0.2) is 4.39 Å². The maximum Gasteiger partial charge on any atom is 0.128 e. The van der Waals surface area contributed by atoms with Crippen molar-refractivity contribution in [1.82, 2.24) is 4.90 Å². The number of nitrogens with one attached hydrogen (secondary N) is 1. The molecule has 3 rings (SSSR count). The molecule has 0 aliphatic carbocycles. The third-order valence-corrected chi connectivity index (χ3v) is 4.73. The van der Waals surface area contributed by atoms with E-state index in [2.05, 4.69) is 17.3 Å². The van der Waals surface area contributed by atoms with E-state index in [9.17, 15) is 4.39 Å². The maximum atomic E-state index is 13.5. The summed E-state index contributed by atoms with van der Waals surface area (Å²) in [5, 5.41) is 3.54. The monoisotopic (exact) mass is 248 g/mol. The highest BCUT2D eigenvalue weighted by atomic mass is 19.1. The molecule has 0 saturated carbocycles. The maximum absolute atomic E-state index is 13.5. The van der Waals surface area contributed by atoms with E-state index in [1.165, 1.54) is 31.7 Å². The lowest BCUT2D eigenvalue weighted by atomic mass is 9.97. The van der Waals surface area contributed by atoms with Crippen molar-refractivity contribution in [3.63, 3.8) is 0 Å². The van der Waals surface area contributed by atoms with E-state index >= 15 is 0 Å². The Morgan fingerprint density at radius 2 is 1.89 bits per heavy atom. The van der Waals surface area contributed by atoms with E-state index in [1.54, 1.807) is 6.07 Å². The molecular weight excluding hydrogens is 227 g/mol. The summed E-state index contributed by atoms with van der Waals surface area (Å²) in [5.74, 6) is -0.115. The molecule has 2 saturated heterocycles. The van der Waals surface area contributed by atoms with E-state index < -0.39 is 0 Å². The highest BCUT2D eigenvalue weighted by Gasteiger charge is 2.38. The fraction of sp³-hybridized carbons (Fsp3) is 0.600. The second-order valence-corrected chi connectivity index (χ2v) is 5.78. The Kier molecular flexibility index (Phi) is 3.02. The van der Waals surface area contributed by atoms with Gasteiger partial charge in [-0.05, 0) is 51.8 Å². The predicted octanol–water partition coefficient (Wildman–Crippen LogP) is 3.17. The molecule has 98 valence electrons. The second-order valence-electron chi connectivity index (χ2n) is 5.78. The molecule has 0 spiro atoms. The highest BCUT2D eigenvalue weighted by Crippen LogP contribution is 2.35. The molecule has 2 aliphatic heterocycles. The first kappa shape index (κ1) is 12.0. The van der Waals surface area contributed by atoms with Crippen LogP contribution in [0.1, 0.15) is 31.2 Å². The van der Waals surface area contributed by atoms with Crippen molar-refractivity contribution in [2.45, 2.75) is 50.7 Å². The number of hydrogen-bond donors (Lipinski definition) is 1. The highest BCUT2D eigenvalue weighted by molar-refractivity contribution is 5.51. The first-order valence-corrected chi connectivity index (χ1v) is 6.88. The van der Waals surface area contributed by atoms with E-state index in [4.69, 9.17) is 0 Å². The van der Waals surface area contributed by atoms with Gasteiger partial charge in [-0.2, -0.15) is 0 Å². The molecule has 1 N–H and O–H groups in total. The van der Waals surface area contributed by atoms with Crippen molar-refractivity contribution >= 4 is 5.69 Å². The Hall–Kier alpha value is -1.09. The van der Waals surface area contributed by atoms with Crippen molar-refractivity contribution in [1.29, 1.82) is 0 Å². The number of anilines is 1. The molecule has 2 aliphatic rings. The van der Waals surface area contributed by atoms with Crippen LogP contribution in [0.3, 0.4) is 0 Å². The van der Waals surface area contributed by atoms with Gasteiger partial charge in [0, 0.05) is 29.4 Å². The number of hydrogen-bond acceptors (Lipinski definition) is 2. The molecule has 2 atom stereocenters. The van der Waals surface area contributed by atoms with Gasteiger partial charge >= 0.3 is 0 Å². The van der Waals surface area contributed by atoms with Crippen LogP contribution in [0, 0.1) is 12.7 Å². The van der Waals surface area contributed by atoms with Crippen molar-refractivity contribution < 1.29 is 4.39 Å². The topological polar surface area (TPSA) is 15.3 Å². The lowest BCUT2D eigenvalue weighted by Crippen LogP contribution is -2.44. The van der Waals surface area contributed by atoms with Crippen LogP contribution in [0.25, 0.3) is 0 Å². The average molecular weight is 248 g/mol. The molecule has 3 heteroatoms. The minimum atomic E-state index is -0.115. The summed E-state index contributed by atoms with van der Waals surface area (Å²) >= 11 is 0. The second kappa shape index (κ2) is 4.54. The van der Waals surface area contributed by atoms with Gasteiger partial charge in [0.15, 0.2) is 0 Å². The van der Waals surface area contributed by atoms with Crippen LogP contribution >= 0.6 is 0 Å². The van der Waals surface area contributed by atoms with E-state index in [0.717, 1.165) is 23.3 Å². The van der Waals surface area contributed by atoms with Gasteiger partial charge in [0.25, 0.3) is 0 Å². The number of piperidine rings is 1. The zero-order chi connectivity index (χ0) is 12.7. The standard InChI is InChI=1S/C15H21FN2/c1-10-14(16)4-3-5-15(10)17-11-8-12-6-7-13(9-11)18(12)2/h3-5,11-13,17H,6-9H2,1-2H3. The number of benzene rings is 1. The van der Waals surface area contributed by atoms with Crippen molar-refractivity contribution in [2.75, 3.05) is 12.4 Å². The molecule has 2 nitrogen and oxygen atoms in total. The van der Waals surface area contributed by atoms with Crippen LogP contribution in [0.4, 0.5) is 10.1 Å². The Balaban J connectivity index is 1.72. The third-order valence-electron chi connectivity index (χ3n) is 4.73. The average Bonchev–Trinajstić information content (AvgIpc) is 2.59. The van der Waals surface area contributed by atoms with Crippen molar-refractivity contribution in [3.8, 4) is 0 Å². The molecule has 0 amide bonds. The van der Waals surface area contributed by atoms with E-state index in [1.807, 2.05) is 13.0 Å². The number of rotatable bonds is 2. The van der Waals surface area contributed by atoms with Gasteiger partial charge in [0.05, 0.1) is 0 Å². The first-order valence-electron chi connectivity index (χ1n) is 6.88. The Bertz CT molecular complexity index is 432. The largest absolute Gasteiger partial charge is 0.382 e. The minimum absolute atomic E-state index is 0.115. The Labute approximate surface area is 108 Å². The fourth-order valence-corrected chi connectivity index (χ4v) is 3.51. The predicted molar refractivity (Wildman–Crippen MR) is 72.4 cm³/mol. The number of halogens is 1. The molecule has 2 bridgehead atoms. The molecule has 2 unspecified atom stereocenters. The normalized spacial score (nSPS) is 31.6. The Morgan fingerprint density at radius 1 is 1.22 bits per heavy atom. The minimum Gasteiger partial charge on any atom is -0.382 e. The van der Waals surface area contributed by atoms with Crippen LogP contribution in [-0.4, -0.2) is 30.1 Å². The summed E-state index contributed by atoms with van der Waals surface area (Å²) in [7, 11) is 2.24. The molecular formula is C15H21FN2. The zero-order valence-corrected chi connectivity index (χ0v) is 11.1. The summed E-state index contributed by atoms with van der Waals surface area (Å²) in [6.07, 6.45) is 5.01. The third kappa shape index (κ3) is 2.01. The summed E-state index contributed by atoms with van der Waals surface area (Å²) in [6.45, 7) is 1.85. The van der Waals surface area contributed by atoms with Crippen LogP contribution in [0.15, 0.2) is 18.2 Å². The molecule has 2 fully saturated rings. The quantitative estimate of drug-likeness (QED) is 0.864. The lowest BCUT2D eigenvalue weighted by Gasteiger charge is -2.37. The smallest absolute Gasteiger partial charge is 0.128 e. The molecule has 18 heavy (non-hydrogen) atoms. The molecule has 0 aromatic heterocycles. The molecule has 1 aromatic carbocycles. The summed E-state index contributed by atoms with van der Waals surface area (Å²) in [4.78, 5) is 2.52. The summed E-state index contributed by atoms with van der Waals surface area (Å²) < 4.78 is 13.5. The van der Waals surface area contributed by atoms with Gasteiger partial charge < -0.3 is 10.2 Å². The van der Waals surface area contributed by atoms with Gasteiger partial charge in [-0.15, -0.1) is 0 Å². The van der Waals surface area contributed by atoms with Crippen LogP contribution in [-0.2, 0) is 0 Å². The van der Waals surface area contributed by atoms with Crippen molar-refractivity contribution in [2.24, 2.45) is 0 Å². The van der Waals surface area contributed by atoms with Gasteiger partial charge in [0.1, 0.15) is 5.82 Å². The molecule has 1 aromatic rings. The van der Waals surface area contributed by atoms with Gasteiger partial charge in [-0.1, -0.05) is 6.07 Å². The molecule has 0 radical (unpaired) electrons. The van der Waals surface area contributed by atoms with Gasteiger partial charge in [-0.3, -0.25) is 0 Å². The first-order chi connectivity index (χ1) is 8.65. The number of fused-ring (bicyclic) bond motifs is 2. The SMILES string of the molecule is Cc1c(F)cccc1NC1CC2CCC(C1)N2C. The summed E-state index contributed by atoms with van der Waals surface area (Å²) in [6, 6.07) is 7.23. The van der Waals surface area contributed by atoms with Crippen LogP contribution < -0.4 is 5.32 Å². The van der Waals surface area contributed by atoms with Crippen LogP contribution in [0.2, 0.25) is 0 Å². The van der Waals surface area contributed by atoms with E-state index in [0.29, 0.717) is 6.04 Å². The zero-order valence-electron chi connectivity index (χ0n) is 11.1. The lowest BCUT2D eigenvalue weighted by molar-refractivity contribution is 0.169. The van der Waals surface area contributed by atoms with Crippen molar-refractivity contribution in [3.05, 3.63) is 29.6 Å². The number of nitrogens with zero attached hydrogens (tertiary/aromatic N) is 1. The Morgan fingerprint density at radius 3 is 2.56 bits per heavy atom. The molecule has 2 heterocycles. The van der Waals surface area contributed by atoms with E-state index in [-0.39, 0.29) is 5.82 Å². The van der Waals surface area contributed by atoms with Gasteiger partial charge in [0.2, 0.25) is 0 Å². The van der Waals surface area contributed by atoms with Crippen LogP contribution in [0.5, 0.6) is 0 Å².